The molecule has 0 fully saturated rings. The van der Waals surface area contributed by atoms with E-state index in [9.17, 15) is 8.42 Å². The number of benzene rings is 1. The van der Waals surface area contributed by atoms with Gasteiger partial charge in [-0.05, 0) is 18.2 Å². The Morgan fingerprint density at radius 3 is 2.68 bits per heavy atom. The fraction of sp³-hybridized carbons (Fsp3) is 0.214. The zero-order valence-electron chi connectivity index (χ0n) is 11.9. The molecule has 0 amide bonds. The first-order valence-corrected chi connectivity index (χ1v) is 8.13. The summed E-state index contributed by atoms with van der Waals surface area (Å²) in [5.41, 5.74) is 1.79. The monoisotopic (exact) mass is 317 g/mol. The summed E-state index contributed by atoms with van der Waals surface area (Å²) in [6.07, 6.45) is 2.95. The molecule has 7 nitrogen and oxygen atoms in total. The van der Waals surface area contributed by atoms with Crippen LogP contribution in [0.25, 0.3) is 0 Å². The third-order valence-corrected chi connectivity index (χ3v) is 4.26. The molecule has 0 aliphatic carbocycles. The average molecular weight is 317 g/mol. The summed E-state index contributed by atoms with van der Waals surface area (Å²) < 4.78 is 25.4. The normalized spacial score (nSPS) is 10.9. The Kier molecular flexibility index (Phi) is 5.04. The van der Waals surface area contributed by atoms with Crippen molar-refractivity contribution in [2.24, 2.45) is 0 Å². The molecule has 1 heterocycles. The highest BCUT2D eigenvalue weighted by molar-refractivity contribution is 7.88. The van der Waals surface area contributed by atoms with E-state index in [4.69, 9.17) is 5.26 Å². The molecule has 0 aliphatic rings. The molecule has 1 aromatic heterocycles. The van der Waals surface area contributed by atoms with E-state index in [1.54, 1.807) is 18.2 Å². The van der Waals surface area contributed by atoms with Gasteiger partial charge in [-0.15, -0.1) is 0 Å². The van der Waals surface area contributed by atoms with Gasteiger partial charge < -0.3 is 5.32 Å². The minimum absolute atomic E-state index is 0.0775. The summed E-state index contributed by atoms with van der Waals surface area (Å²) in [5.74, 6) is 0.324. The molecule has 0 spiro atoms. The molecular formula is C14H15N5O2S. The van der Waals surface area contributed by atoms with Crippen LogP contribution in [-0.2, 0) is 22.3 Å². The summed E-state index contributed by atoms with van der Waals surface area (Å²) in [4.78, 5) is 7.97. The number of sulfonamides is 1. The van der Waals surface area contributed by atoms with Crippen molar-refractivity contribution in [2.45, 2.75) is 12.3 Å². The molecule has 0 bridgehead atoms. The lowest BCUT2D eigenvalue weighted by molar-refractivity contribution is 0.587. The highest BCUT2D eigenvalue weighted by atomic mass is 32.2. The number of anilines is 1. The van der Waals surface area contributed by atoms with E-state index < -0.39 is 10.0 Å². The maximum Gasteiger partial charge on any atom is 0.215 e. The smallest absolute Gasteiger partial charge is 0.215 e. The molecule has 2 N–H and O–H groups in total. The van der Waals surface area contributed by atoms with Gasteiger partial charge in [-0.2, -0.15) is 5.26 Å². The molecule has 0 unspecified atom stereocenters. The van der Waals surface area contributed by atoms with Gasteiger partial charge in [0.15, 0.2) is 11.5 Å². The summed E-state index contributed by atoms with van der Waals surface area (Å²) in [6, 6.07) is 9.16. The second-order valence-corrected chi connectivity index (χ2v) is 6.43. The summed E-state index contributed by atoms with van der Waals surface area (Å²) in [6.45, 7) is 0.417. The number of hydrogen-bond acceptors (Lipinski definition) is 6. The number of nitrogens with one attached hydrogen (secondary N) is 2. The standard InChI is InChI=1S/C14H15N5O2S/c1-16-22(20,21)10-12-4-2-3-11(7-12)9-19-14-13(8-15)17-5-6-18-14/h2-7,16H,9-10H2,1H3,(H,18,19). The third-order valence-electron chi connectivity index (χ3n) is 2.92. The third kappa shape index (κ3) is 4.25. The Morgan fingerprint density at radius 1 is 1.23 bits per heavy atom. The predicted octanol–water partition coefficient (Wildman–Crippen LogP) is 1.01. The second-order valence-electron chi connectivity index (χ2n) is 4.50. The van der Waals surface area contributed by atoms with Crippen LogP contribution in [0.1, 0.15) is 16.8 Å². The van der Waals surface area contributed by atoms with Crippen LogP contribution in [0, 0.1) is 11.3 Å². The topological polar surface area (TPSA) is 108 Å². The van der Waals surface area contributed by atoms with E-state index in [-0.39, 0.29) is 11.4 Å². The van der Waals surface area contributed by atoms with E-state index in [0.717, 1.165) is 5.56 Å². The second kappa shape index (κ2) is 6.98. The van der Waals surface area contributed by atoms with Gasteiger partial charge >= 0.3 is 0 Å². The SMILES string of the molecule is CNS(=O)(=O)Cc1cccc(CNc2nccnc2C#N)c1. The molecule has 0 atom stereocenters. The lowest BCUT2D eigenvalue weighted by Crippen LogP contribution is -2.20. The predicted molar refractivity (Wildman–Crippen MR) is 82.2 cm³/mol. The molecule has 22 heavy (non-hydrogen) atoms. The van der Waals surface area contributed by atoms with Crippen LogP contribution in [-0.4, -0.2) is 25.4 Å². The van der Waals surface area contributed by atoms with Gasteiger partial charge in [0.1, 0.15) is 6.07 Å². The quantitative estimate of drug-likeness (QED) is 0.823. The first-order chi connectivity index (χ1) is 10.5. The van der Waals surface area contributed by atoms with E-state index in [1.165, 1.54) is 19.4 Å². The van der Waals surface area contributed by atoms with Gasteiger partial charge in [0, 0.05) is 18.9 Å². The van der Waals surface area contributed by atoms with Gasteiger partial charge in [-0.3, -0.25) is 0 Å². The summed E-state index contributed by atoms with van der Waals surface area (Å²) in [7, 11) is -1.92. The average Bonchev–Trinajstić information content (AvgIpc) is 2.53. The van der Waals surface area contributed by atoms with E-state index >= 15 is 0 Å². The molecule has 0 aliphatic heterocycles. The van der Waals surface area contributed by atoms with Crippen molar-refractivity contribution in [3.05, 3.63) is 53.5 Å². The zero-order chi connectivity index (χ0) is 16.0. The van der Waals surface area contributed by atoms with Gasteiger partial charge in [0.2, 0.25) is 10.0 Å². The summed E-state index contributed by atoms with van der Waals surface area (Å²) >= 11 is 0. The van der Waals surface area contributed by atoms with Crippen LogP contribution in [0.3, 0.4) is 0 Å². The van der Waals surface area contributed by atoms with Gasteiger partial charge in [-0.25, -0.2) is 23.1 Å². The number of rotatable bonds is 6. The van der Waals surface area contributed by atoms with Crippen molar-refractivity contribution in [1.82, 2.24) is 14.7 Å². The van der Waals surface area contributed by atoms with E-state index in [2.05, 4.69) is 20.0 Å². The van der Waals surface area contributed by atoms with Gasteiger partial charge in [0.25, 0.3) is 0 Å². The molecule has 0 saturated carbocycles. The van der Waals surface area contributed by atoms with Crippen molar-refractivity contribution >= 4 is 15.8 Å². The van der Waals surface area contributed by atoms with Gasteiger partial charge in [0.05, 0.1) is 5.75 Å². The molecule has 114 valence electrons. The van der Waals surface area contributed by atoms with Crippen LogP contribution in [0.2, 0.25) is 0 Å². The van der Waals surface area contributed by atoms with Crippen molar-refractivity contribution in [1.29, 1.82) is 5.26 Å². The van der Waals surface area contributed by atoms with Crippen LogP contribution in [0.5, 0.6) is 0 Å². The molecule has 2 rings (SSSR count). The molecule has 1 aromatic carbocycles. The number of nitrogens with zero attached hydrogens (tertiary/aromatic N) is 3. The Hall–Kier alpha value is -2.50. The number of aromatic nitrogens is 2. The van der Waals surface area contributed by atoms with E-state index in [1.807, 2.05) is 12.1 Å². The molecular weight excluding hydrogens is 302 g/mol. The minimum atomic E-state index is -3.30. The van der Waals surface area contributed by atoms with Crippen molar-refractivity contribution in [3.8, 4) is 6.07 Å². The van der Waals surface area contributed by atoms with Crippen LogP contribution < -0.4 is 10.0 Å². The van der Waals surface area contributed by atoms with Gasteiger partial charge in [-0.1, -0.05) is 24.3 Å². The Balaban J connectivity index is 2.10. The molecule has 8 heteroatoms. The van der Waals surface area contributed by atoms with Crippen molar-refractivity contribution in [2.75, 3.05) is 12.4 Å². The maximum absolute atomic E-state index is 11.6. The highest BCUT2D eigenvalue weighted by Crippen LogP contribution is 2.12. The number of nitriles is 1. The van der Waals surface area contributed by atoms with Crippen molar-refractivity contribution in [3.63, 3.8) is 0 Å². The fourth-order valence-electron chi connectivity index (χ4n) is 1.86. The molecule has 0 radical (unpaired) electrons. The first kappa shape index (κ1) is 15.9. The lowest BCUT2D eigenvalue weighted by atomic mass is 10.1. The maximum atomic E-state index is 11.6. The van der Waals surface area contributed by atoms with Crippen LogP contribution in [0.15, 0.2) is 36.7 Å². The zero-order valence-corrected chi connectivity index (χ0v) is 12.8. The largest absolute Gasteiger partial charge is 0.364 e. The Morgan fingerprint density at radius 2 is 1.95 bits per heavy atom. The minimum Gasteiger partial charge on any atom is -0.364 e. The molecule has 0 saturated heterocycles. The first-order valence-electron chi connectivity index (χ1n) is 6.48. The lowest BCUT2D eigenvalue weighted by Gasteiger charge is -2.08. The number of hydrogen-bond donors (Lipinski definition) is 2. The highest BCUT2D eigenvalue weighted by Gasteiger charge is 2.09. The van der Waals surface area contributed by atoms with Crippen LogP contribution in [0.4, 0.5) is 5.82 Å². The molecule has 2 aromatic rings. The van der Waals surface area contributed by atoms with Crippen LogP contribution >= 0.6 is 0 Å². The summed E-state index contributed by atoms with van der Waals surface area (Å²) in [5, 5.41) is 12.0. The Labute approximate surface area is 129 Å². The Bertz CT molecular complexity index is 799. The van der Waals surface area contributed by atoms with E-state index in [0.29, 0.717) is 17.9 Å². The fourth-order valence-corrected chi connectivity index (χ4v) is 2.62. The van der Waals surface area contributed by atoms with Crippen molar-refractivity contribution < 1.29 is 8.42 Å².